The van der Waals surface area contributed by atoms with Gasteiger partial charge in [0.1, 0.15) is 12.2 Å². The van der Waals surface area contributed by atoms with E-state index in [9.17, 15) is 0 Å². The molecule has 1 fully saturated rings. The first-order valence-corrected chi connectivity index (χ1v) is 14.7. The number of rotatable bonds is 9. The molecule has 0 aliphatic carbocycles. The predicted octanol–water partition coefficient (Wildman–Crippen LogP) is 5.97. The molecule has 0 bridgehead atoms. The third kappa shape index (κ3) is 4.94. The van der Waals surface area contributed by atoms with Crippen LogP contribution in [0.1, 0.15) is 62.3 Å². The Kier molecular flexibility index (Phi) is 7.37. The first-order valence-electron chi connectivity index (χ1n) is 9.69. The average molecular weight is 375 g/mol. The van der Waals surface area contributed by atoms with Crippen molar-refractivity contribution in [3.05, 3.63) is 0 Å². The fraction of sp³-hybridized carbons (Fsp3) is 1.00. The topological polar surface area (TPSA) is 31.0 Å². The lowest BCUT2D eigenvalue weighted by atomic mass is 10.2. The second kappa shape index (κ2) is 7.91. The Bertz CT molecular complexity index is 378. The van der Waals surface area contributed by atoms with Gasteiger partial charge in [-0.05, 0) is 34.8 Å². The van der Waals surface area contributed by atoms with Gasteiger partial charge in [0.15, 0.2) is 16.6 Å². The highest BCUT2D eigenvalue weighted by Gasteiger charge is 2.49. The summed E-state index contributed by atoms with van der Waals surface area (Å²) in [5.74, 6) is 0. The molecular formula is C19H42O3Si2. The molecule has 144 valence electrons. The van der Waals surface area contributed by atoms with Gasteiger partial charge in [-0.25, -0.2) is 0 Å². The molecule has 3 nitrogen and oxygen atoms in total. The summed E-state index contributed by atoms with van der Waals surface area (Å²) in [6, 6.07) is 0. The van der Waals surface area contributed by atoms with Gasteiger partial charge in [0.05, 0.1) is 13.2 Å². The molecular weight excluding hydrogens is 332 g/mol. The zero-order valence-corrected chi connectivity index (χ0v) is 20.0. The molecule has 0 N–H and O–H groups in total. The number of epoxide rings is 1. The minimum absolute atomic E-state index is 0.234. The predicted molar refractivity (Wildman–Crippen MR) is 109 cm³/mol. The zero-order chi connectivity index (χ0) is 18.9. The van der Waals surface area contributed by atoms with Crippen molar-refractivity contribution in [2.45, 2.75) is 109 Å². The van der Waals surface area contributed by atoms with Crippen molar-refractivity contribution in [3.8, 4) is 0 Å². The summed E-state index contributed by atoms with van der Waals surface area (Å²) in [5.41, 5.74) is 1.87. The number of ether oxygens (including phenoxy) is 1. The van der Waals surface area contributed by atoms with E-state index >= 15 is 0 Å². The second-order valence-corrected chi connectivity index (χ2v) is 20.2. The van der Waals surface area contributed by atoms with Gasteiger partial charge in [0.2, 0.25) is 0 Å². The lowest BCUT2D eigenvalue weighted by Crippen LogP contribution is -2.48. The molecule has 24 heavy (non-hydrogen) atoms. The van der Waals surface area contributed by atoms with Gasteiger partial charge >= 0.3 is 0 Å². The maximum Gasteiger partial charge on any atom is 0.200 e. The highest BCUT2D eigenvalue weighted by molar-refractivity contribution is 6.77. The van der Waals surface area contributed by atoms with Crippen LogP contribution in [-0.4, -0.2) is 42.1 Å². The van der Waals surface area contributed by atoms with Crippen LogP contribution >= 0.6 is 0 Å². The Morgan fingerprint density at radius 1 is 0.792 bits per heavy atom. The third-order valence-corrected chi connectivity index (χ3v) is 16.9. The van der Waals surface area contributed by atoms with Gasteiger partial charge in [-0.15, -0.1) is 0 Å². The summed E-state index contributed by atoms with van der Waals surface area (Å²) in [4.78, 5) is 0. The van der Waals surface area contributed by atoms with E-state index in [1.807, 2.05) is 0 Å². The van der Waals surface area contributed by atoms with Crippen molar-refractivity contribution < 1.29 is 13.6 Å². The molecule has 1 heterocycles. The summed E-state index contributed by atoms with van der Waals surface area (Å²) in [6.07, 6.45) is 0.468. The van der Waals surface area contributed by atoms with E-state index in [0.29, 0.717) is 16.6 Å². The van der Waals surface area contributed by atoms with Gasteiger partial charge in [0.25, 0.3) is 0 Å². The van der Waals surface area contributed by atoms with E-state index < -0.39 is 16.6 Å². The molecule has 0 unspecified atom stereocenters. The van der Waals surface area contributed by atoms with E-state index in [-0.39, 0.29) is 17.2 Å². The molecule has 1 aliphatic heterocycles. The lowest BCUT2D eigenvalue weighted by molar-refractivity contribution is 0.224. The second-order valence-electron chi connectivity index (χ2n) is 9.91. The molecule has 5 heteroatoms. The normalized spacial score (nSPS) is 22.8. The van der Waals surface area contributed by atoms with Crippen molar-refractivity contribution in [1.82, 2.24) is 0 Å². The maximum absolute atomic E-state index is 6.64. The Balaban J connectivity index is 2.53. The van der Waals surface area contributed by atoms with Gasteiger partial charge in [0, 0.05) is 0 Å². The van der Waals surface area contributed by atoms with Crippen molar-refractivity contribution >= 4 is 16.6 Å². The van der Waals surface area contributed by atoms with E-state index in [1.165, 1.54) is 0 Å². The Morgan fingerprint density at radius 2 is 1.17 bits per heavy atom. The van der Waals surface area contributed by atoms with Crippen molar-refractivity contribution in [1.29, 1.82) is 0 Å². The summed E-state index contributed by atoms with van der Waals surface area (Å²) in [5, 5.41) is 0.253. The number of hydrogen-bond donors (Lipinski definition) is 0. The summed E-state index contributed by atoms with van der Waals surface area (Å²) < 4.78 is 18.8. The van der Waals surface area contributed by atoms with Gasteiger partial charge in [-0.3, -0.25) is 0 Å². The van der Waals surface area contributed by atoms with Crippen molar-refractivity contribution in [2.24, 2.45) is 0 Å². The molecule has 1 saturated heterocycles. The molecule has 1 aliphatic rings. The summed E-state index contributed by atoms with van der Waals surface area (Å²) in [6.45, 7) is 26.9. The zero-order valence-electron chi connectivity index (χ0n) is 18.0. The first-order chi connectivity index (χ1) is 10.8. The van der Waals surface area contributed by atoms with Crippen LogP contribution in [0.25, 0.3) is 0 Å². The molecule has 1 rings (SSSR count). The van der Waals surface area contributed by atoms with Crippen LogP contribution in [0.15, 0.2) is 0 Å². The van der Waals surface area contributed by atoms with E-state index in [4.69, 9.17) is 13.6 Å². The highest BCUT2D eigenvalue weighted by Crippen LogP contribution is 2.43. The monoisotopic (exact) mass is 374 g/mol. The van der Waals surface area contributed by atoms with E-state index in [0.717, 1.165) is 13.2 Å². The van der Waals surface area contributed by atoms with Crippen LogP contribution in [0.4, 0.5) is 0 Å². The third-order valence-electron chi connectivity index (χ3n) is 6.31. The fourth-order valence-corrected chi connectivity index (χ4v) is 10.2. The van der Waals surface area contributed by atoms with Gasteiger partial charge < -0.3 is 13.6 Å². The van der Waals surface area contributed by atoms with Crippen LogP contribution in [0.2, 0.25) is 34.8 Å². The van der Waals surface area contributed by atoms with Crippen molar-refractivity contribution in [2.75, 3.05) is 13.2 Å². The summed E-state index contributed by atoms with van der Waals surface area (Å²) in [7, 11) is -3.46. The van der Waals surface area contributed by atoms with Crippen LogP contribution in [0.5, 0.6) is 0 Å². The molecule has 0 spiro atoms. The Morgan fingerprint density at radius 3 is 1.50 bits per heavy atom. The van der Waals surface area contributed by atoms with E-state index in [1.54, 1.807) is 0 Å². The van der Waals surface area contributed by atoms with Crippen LogP contribution < -0.4 is 0 Å². The fourth-order valence-electron chi connectivity index (χ4n) is 3.71. The minimum Gasteiger partial charge on any atom is -0.414 e. The Labute approximate surface area is 153 Å². The number of hydrogen-bond acceptors (Lipinski definition) is 3. The van der Waals surface area contributed by atoms with Crippen LogP contribution in [0.3, 0.4) is 0 Å². The molecule has 0 aromatic heterocycles. The molecule has 0 aromatic carbocycles. The largest absolute Gasteiger partial charge is 0.414 e. The Hall–Kier alpha value is 0.314. The molecule has 2 atom stereocenters. The maximum atomic E-state index is 6.64. The highest BCUT2D eigenvalue weighted by atomic mass is 28.4. The van der Waals surface area contributed by atoms with Gasteiger partial charge in [-0.1, -0.05) is 62.3 Å². The van der Waals surface area contributed by atoms with E-state index in [2.05, 4.69) is 75.4 Å². The molecule has 0 amide bonds. The molecule has 0 radical (unpaired) electrons. The van der Waals surface area contributed by atoms with Crippen LogP contribution in [0, 0.1) is 0 Å². The quantitative estimate of drug-likeness (QED) is 0.368. The SMILES string of the molecule is CC(C)[Si](OC[C@@H]1O[C@@H]1CO[Si](C)(C)C(C)(C)C)(C(C)C)C(C)C. The molecule has 0 aromatic rings. The van der Waals surface area contributed by atoms with Gasteiger partial charge in [-0.2, -0.15) is 0 Å². The summed E-state index contributed by atoms with van der Waals surface area (Å²) >= 11 is 0. The minimum atomic E-state index is -1.78. The smallest absolute Gasteiger partial charge is 0.200 e. The first kappa shape index (κ1) is 22.4. The average Bonchev–Trinajstić information content (AvgIpc) is 3.13. The molecule has 0 saturated carbocycles. The lowest BCUT2D eigenvalue weighted by Gasteiger charge is -2.42. The van der Waals surface area contributed by atoms with Crippen LogP contribution in [-0.2, 0) is 13.6 Å². The van der Waals surface area contributed by atoms with Crippen molar-refractivity contribution in [3.63, 3.8) is 0 Å². The standard InChI is InChI=1S/C19H42O3Si2/c1-14(2)24(15(3)4,16(5)6)21-13-18-17(22-18)12-20-23(10,11)19(7,8)9/h14-18H,12-13H2,1-11H3/t17-,18+/m1/s1.